The number of guanidine groups is 1. The smallest absolute Gasteiger partial charge is 0.191 e. The number of nitrogens with zero attached hydrogens (tertiary/aromatic N) is 2. The molecule has 0 aromatic rings. The Morgan fingerprint density at radius 1 is 1.05 bits per heavy atom. The second kappa shape index (κ2) is 8.02. The van der Waals surface area contributed by atoms with Crippen LogP contribution in [0.5, 0.6) is 0 Å². The molecular weight excluding hydrogens is 260 g/mol. The highest BCUT2D eigenvalue weighted by molar-refractivity contribution is 5.80. The zero-order valence-corrected chi connectivity index (χ0v) is 14.2. The highest BCUT2D eigenvalue weighted by Gasteiger charge is 2.28. The maximum Gasteiger partial charge on any atom is 0.191 e. The van der Waals surface area contributed by atoms with E-state index < -0.39 is 0 Å². The van der Waals surface area contributed by atoms with Crippen molar-refractivity contribution in [2.24, 2.45) is 4.99 Å². The maximum atomic E-state index is 4.41. The van der Waals surface area contributed by atoms with Crippen LogP contribution in [0.4, 0.5) is 0 Å². The van der Waals surface area contributed by atoms with Gasteiger partial charge in [0.05, 0.1) is 0 Å². The number of rotatable bonds is 4. The average molecular weight is 294 g/mol. The number of hydrogen-bond donors (Lipinski definition) is 2. The number of nitrogens with one attached hydrogen (secondary N) is 2. The molecule has 0 radical (unpaired) electrons. The van der Waals surface area contributed by atoms with E-state index in [9.17, 15) is 0 Å². The summed E-state index contributed by atoms with van der Waals surface area (Å²) in [5.41, 5.74) is 0.199. The Balaban J connectivity index is 1.78. The fourth-order valence-electron chi connectivity index (χ4n) is 3.55. The third-order valence-electron chi connectivity index (χ3n) is 5.07. The van der Waals surface area contributed by atoms with Crippen molar-refractivity contribution in [3.05, 3.63) is 0 Å². The Hall–Kier alpha value is -0.770. The zero-order chi connectivity index (χ0) is 15.1. The summed E-state index contributed by atoms with van der Waals surface area (Å²) in [6, 6.07) is 0.614. The number of piperidine rings is 1. The van der Waals surface area contributed by atoms with Crippen LogP contribution in [0.25, 0.3) is 0 Å². The summed E-state index contributed by atoms with van der Waals surface area (Å²) in [4.78, 5) is 7.03. The van der Waals surface area contributed by atoms with Gasteiger partial charge < -0.3 is 10.6 Å². The van der Waals surface area contributed by atoms with Crippen LogP contribution in [0, 0.1) is 0 Å². The SMILES string of the molecule is CN=C(NCC(C)(C)N1CCCCC1)NC1CCCCC1. The monoisotopic (exact) mass is 294 g/mol. The average Bonchev–Trinajstić information content (AvgIpc) is 2.53. The van der Waals surface area contributed by atoms with Gasteiger partial charge in [-0.2, -0.15) is 0 Å². The number of hydrogen-bond acceptors (Lipinski definition) is 2. The Morgan fingerprint density at radius 3 is 2.29 bits per heavy atom. The van der Waals surface area contributed by atoms with Gasteiger partial charge >= 0.3 is 0 Å². The molecule has 1 aliphatic heterocycles. The zero-order valence-electron chi connectivity index (χ0n) is 14.2. The van der Waals surface area contributed by atoms with E-state index in [1.54, 1.807) is 0 Å². The molecule has 0 amide bonds. The van der Waals surface area contributed by atoms with Crippen molar-refractivity contribution < 1.29 is 0 Å². The molecule has 4 nitrogen and oxygen atoms in total. The molecule has 2 aliphatic rings. The molecule has 0 aromatic heterocycles. The summed E-state index contributed by atoms with van der Waals surface area (Å²) < 4.78 is 0. The Bertz CT molecular complexity index is 326. The summed E-state index contributed by atoms with van der Waals surface area (Å²) >= 11 is 0. The lowest BCUT2D eigenvalue weighted by Crippen LogP contribution is -2.55. The minimum atomic E-state index is 0.199. The number of likely N-dealkylation sites (tertiary alicyclic amines) is 1. The van der Waals surface area contributed by atoms with E-state index in [4.69, 9.17) is 0 Å². The minimum absolute atomic E-state index is 0.199. The fourth-order valence-corrected chi connectivity index (χ4v) is 3.55. The predicted molar refractivity (Wildman–Crippen MR) is 90.9 cm³/mol. The standard InChI is InChI=1S/C17H34N4/c1-17(2,21-12-8-5-9-13-21)14-19-16(18-3)20-15-10-6-4-7-11-15/h15H,4-14H2,1-3H3,(H2,18,19,20). The third kappa shape index (κ3) is 5.17. The van der Waals surface area contributed by atoms with Gasteiger partial charge in [-0.1, -0.05) is 25.7 Å². The van der Waals surface area contributed by atoms with Crippen LogP contribution in [0.15, 0.2) is 4.99 Å². The molecule has 1 heterocycles. The predicted octanol–water partition coefficient (Wildman–Crippen LogP) is 2.75. The van der Waals surface area contributed by atoms with E-state index in [2.05, 4.69) is 34.4 Å². The van der Waals surface area contributed by atoms with Crippen molar-refractivity contribution in [1.29, 1.82) is 0 Å². The van der Waals surface area contributed by atoms with E-state index in [-0.39, 0.29) is 5.54 Å². The van der Waals surface area contributed by atoms with E-state index in [1.807, 2.05) is 7.05 Å². The van der Waals surface area contributed by atoms with Crippen LogP contribution in [0.3, 0.4) is 0 Å². The normalized spacial score (nSPS) is 23.1. The van der Waals surface area contributed by atoms with Gasteiger partial charge in [0.1, 0.15) is 0 Å². The summed E-state index contributed by atoms with van der Waals surface area (Å²) in [6.07, 6.45) is 10.8. The van der Waals surface area contributed by atoms with Gasteiger partial charge in [0, 0.05) is 25.2 Å². The Labute approximate surface area is 130 Å². The Kier molecular flexibility index (Phi) is 6.34. The van der Waals surface area contributed by atoms with Crippen molar-refractivity contribution in [3.8, 4) is 0 Å². The van der Waals surface area contributed by atoms with Gasteiger partial charge in [0.2, 0.25) is 0 Å². The molecule has 2 N–H and O–H groups in total. The molecule has 1 saturated carbocycles. The largest absolute Gasteiger partial charge is 0.355 e. The van der Waals surface area contributed by atoms with Gasteiger partial charge in [-0.3, -0.25) is 9.89 Å². The van der Waals surface area contributed by atoms with Crippen molar-refractivity contribution >= 4 is 5.96 Å². The molecule has 0 atom stereocenters. The first-order valence-corrected chi connectivity index (χ1v) is 8.84. The Morgan fingerprint density at radius 2 is 1.67 bits per heavy atom. The van der Waals surface area contributed by atoms with Crippen molar-refractivity contribution in [3.63, 3.8) is 0 Å². The molecule has 21 heavy (non-hydrogen) atoms. The van der Waals surface area contributed by atoms with Crippen LogP contribution in [-0.2, 0) is 0 Å². The van der Waals surface area contributed by atoms with E-state index >= 15 is 0 Å². The van der Waals surface area contributed by atoms with E-state index in [1.165, 1.54) is 64.5 Å². The topological polar surface area (TPSA) is 39.7 Å². The first-order chi connectivity index (χ1) is 10.1. The number of aliphatic imine (C=N–C) groups is 1. The first kappa shape index (κ1) is 16.6. The van der Waals surface area contributed by atoms with Crippen molar-refractivity contribution in [1.82, 2.24) is 15.5 Å². The summed E-state index contributed by atoms with van der Waals surface area (Å²) in [5, 5.41) is 7.15. The summed E-state index contributed by atoms with van der Waals surface area (Å²) in [5.74, 6) is 0.979. The van der Waals surface area contributed by atoms with Crippen LogP contribution in [0.2, 0.25) is 0 Å². The second-order valence-electron chi connectivity index (χ2n) is 7.27. The molecule has 0 unspecified atom stereocenters. The third-order valence-corrected chi connectivity index (χ3v) is 5.07. The second-order valence-corrected chi connectivity index (χ2v) is 7.27. The molecular formula is C17H34N4. The van der Waals surface area contributed by atoms with E-state index in [0.29, 0.717) is 6.04 Å². The molecule has 0 aromatic carbocycles. The van der Waals surface area contributed by atoms with Gasteiger partial charge in [0.15, 0.2) is 5.96 Å². The van der Waals surface area contributed by atoms with Gasteiger partial charge in [-0.15, -0.1) is 0 Å². The lowest BCUT2D eigenvalue weighted by molar-refractivity contribution is 0.0981. The highest BCUT2D eigenvalue weighted by Crippen LogP contribution is 2.20. The lowest BCUT2D eigenvalue weighted by Gasteiger charge is -2.41. The molecule has 4 heteroatoms. The molecule has 0 spiro atoms. The molecule has 1 saturated heterocycles. The van der Waals surface area contributed by atoms with Crippen molar-refractivity contribution in [2.45, 2.75) is 76.8 Å². The molecule has 1 aliphatic carbocycles. The van der Waals surface area contributed by atoms with Crippen LogP contribution >= 0.6 is 0 Å². The van der Waals surface area contributed by atoms with Gasteiger partial charge in [0.25, 0.3) is 0 Å². The van der Waals surface area contributed by atoms with Gasteiger partial charge in [-0.05, 0) is 52.6 Å². The quantitative estimate of drug-likeness (QED) is 0.619. The lowest BCUT2D eigenvalue weighted by atomic mass is 9.95. The van der Waals surface area contributed by atoms with Crippen LogP contribution < -0.4 is 10.6 Å². The maximum absolute atomic E-state index is 4.41. The molecule has 2 fully saturated rings. The van der Waals surface area contributed by atoms with Crippen LogP contribution in [-0.4, -0.2) is 49.1 Å². The first-order valence-electron chi connectivity index (χ1n) is 8.84. The van der Waals surface area contributed by atoms with Crippen molar-refractivity contribution in [2.75, 3.05) is 26.7 Å². The fraction of sp³-hybridized carbons (Fsp3) is 0.941. The highest BCUT2D eigenvalue weighted by atomic mass is 15.2. The molecule has 2 rings (SSSR count). The summed E-state index contributed by atoms with van der Waals surface area (Å²) in [6.45, 7) is 8.13. The molecule has 122 valence electrons. The summed E-state index contributed by atoms with van der Waals surface area (Å²) in [7, 11) is 1.88. The molecule has 0 bridgehead atoms. The van der Waals surface area contributed by atoms with Gasteiger partial charge in [-0.25, -0.2) is 0 Å². The van der Waals surface area contributed by atoms with Crippen LogP contribution in [0.1, 0.15) is 65.2 Å². The van der Waals surface area contributed by atoms with E-state index in [0.717, 1.165) is 12.5 Å². The minimum Gasteiger partial charge on any atom is -0.355 e.